The van der Waals surface area contributed by atoms with Crippen molar-refractivity contribution < 1.29 is 0 Å². The molecule has 4 nitrogen and oxygen atoms in total. The van der Waals surface area contributed by atoms with E-state index >= 15 is 0 Å². The maximum atomic E-state index is 3.52. The standard InChI is InChI=1S/C17H30N4/c1-16-5-4-6-17(15-16)18-7-8-20-11-13-21(14-12-20)10-9-19(2)3/h4-6,15,18H,7-14H2,1-3H3. The first kappa shape index (κ1) is 16.3. The fraction of sp³-hybridized carbons (Fsp3) is 0.647. The van der Waals surface area contributed by atoms with Crippen LogP contribution in [0, 0.1) is 6.92 Å². The Bertz CT molecular complexity index is 411. The van der Waals surface area contributed by atoms with E-state index in [0.29, 0.717) is 0 Å². The number of aryl methyl sites for hydroxylation is 1. The lowest BCUT2D eigenvalue weighted by Crippen LogP contribution is -2.48. The normalized spacial score (nSPS) is 17.3. The molecule has 0 amide bonds. The Hall–Kier alpha value is -1.10. The van der Waals surface area contributed by atoms with Crippen LogP contribution in [0.1, 0.15) is 5.56 Å². The second-order valence-corrected chi connectivity index (χ2v) is 6.28. The lowest BCUT2D eigenvalue weighted by molar-refractivity contribution is 0.128. The molecule has 1 aliphatic heterocycles. The van der Waals surface area contributed by atoms with Crippen LogP contribution in [0.5, 0.6) is 0 Å². The highest BCUT2D eigenvalue weighted by molar-refractivity contribution is 5.45. The largest absolute Gasteiger partial charge is 0.384 e. The van der Waals surface area contributed by atoms with Gasteiger partial charge in [-0.05, 0) is 38.7 Å². The number of rotatable bonds is 7. The number of nitrogens with zero attached hydrogens (tertiary/aromatic N) is 3. The lowest BCUT2D eigenvalue weighted by Gasteiger charge is -2.35. The third-order valence-corrected chi connectivity index (χ3v) is 4.10. The summed E-state index contributed by atoms with van der Waals surface area (Å²) in [5, 5.41) is 3.52. The molecule has 1 heterocycles. The van der Waals surface area contributed by atoms with Crippen LogP contribution in [0.4, 0.5) is 5.69 Å². The topological polar surface area (TPSA) is 21.8 Å². The van der Waals surface area contributed by atoms with Gasteiger partial charge in [0.15, 0.2) is 0 Å². The van der Waals surface area contributed by atoms with Crippen LogP contribution in [0.25, 0.3) is 0 Å². The molecule has 0 spiro atoms. The SMILES string of the molecule is Cc1cccc(NCCN2CCN(CCN(C)C)CC2)c1. The van der Waals surface area contributed by atoms with Crippen LogP contribution in [-0.2, 0) is 0 Å². The summed E-state index contributed by atoms with van der Waals surface area (Å²) in [4.78, 5) is 7.40. The zero-order chi connectivity index (χ0) is 15.1. The van der Waals surface area contributed by atoms with E-state index in [4.69, 9.17) is 0 Å². The average molecular weight is 290 g/mol. The summed E-state index contributed by atoms with van der Waals surface area (Å²) in [5.41, 5.74) is 2.55. The van der Waals surface area contributed by atoms with Crippen LogP contribution < -0.4 is 5.32 Å². The molecule has 1 aromatic rings. The maximum Gasteiger partial charge on any atom is 0.0343 e. The number of benzene rings is 1. The van der Waals surface area contributed by atoms with Crippen molar-refractivity contribution in [2.75, 3.05) is 71.8 Å². The van der Waals surface area contributed by atoms with Crippen molar-refractivity contribution in [1.82, 2.24) is 14.7 Å². The van der Waals surface area contributed by atoms with Crippen molar-refractivity contribution in [2.24, 2.45) is 0 Å². The van der Waals surface area contributed by atoms with Gasteiger partial charge in [-0.15, -0.1) is 0 Å². The molecule has 0 aliphatic carbocycles. The Morgan fingerprint density at radius 1 is 1.05 bits per heavy atom. The van der Waals surface area contributed by atoms with E-state index in [0.717, 1.165) is 19.6 Å². The number of anilines is 1. The van der Waals surface area contributed by atoms with Crippen molar-refractivity contribution >= 4 is 5.69 Å². The van der Waals surface area contributed by atoms with Gasteiger partial charge in [-0.3, -0.25) is 9.80 Å². The van der Waals surface area contributed by atoms with Crippen LogP contribution >= 0.6 is 0 Å². The number of likely N-dealkylation sites (N-methyl/N-ethyl adjacent to an activating group) is 1. The number of hydrogen-bond acceptors (Lipinski definition) is 4. The van der Waals surface area contributed by atoms with Gasteiger partial charge in [0.25, 0.3) is 0 Å². The zero-order valence-corrected chi connectivity index (χ0v) is 13.8. The molecule has 1 saturated heterocycles. The fourth-order valence-electron chi connectivity index (χ4n) is 2.69. The molecule has 1 aliphatic rings. The van der Waals surface area contributed by atoms with Crippen LogP contribution in [0.15, 0.2) is 24.3 Å². The minimum atomic E-state index is 1.03. The highest BCUT2D eigenvalue weighted by Gasteiger charge is 2.15. The van der Waals surface area contributed by atoms with Gasteiger partial charge in [-0.1, -0.05) is 12.1 Å². The van der Waals surface area contributed by atoms with Gasteiger partial charge >= 0.3 is 0 Å². The Morgan fingerprint density at radius 2 is 1.71 bits per heavy atom. The molecule has 1 N–H and O–H groups in total. The summed E-state index contributed by atoms with van der Waals surface area (Å²) in [6, 6.07) is 8.60. The van der Waals surface area contributed by atoms with Crippen molar-refractivity contribution in [3.63, 3.8) is 0 Å². The molecule has 0 unspecified atom stereocenters. The van der Waals surface area contributed by atoms with E-state index in [1.165, 1.54) is 44.0 Å². The minimum Gasteiger partial charge on any atom is -0.384 e. The Labute approximate surface area is 129 Å². The van der Waals surface area contributed by atoms with E-state index < -0.39 is 0 Å². The van der Waals surface area contributed by atoms with Gasteiger partial charge in [-0.25, -0.2) is 0 Å². The van der Waals surface area contributed by atoms with Gasteiger partial charge in [0.05, 0.1) is 0 Å². The van der Waals surface area contributed by atoms with Crippen molar-refractivity contribution in [1.29, 1.82) is 0 Å². The van der Waals surface area contributed by atoms with Gasteiger partial charge in [-0.2, -0.15) is 0 Å². The van der Waals surface area contributed by atoms with E-state index in [9.17, 15) is 0 Å². The second kappa shape index (κ2) is 8.37. The minimum absolute atomic E-state index is 1.03. The first-order valence-corrected chi connectivity index (χ1v) is 8.03. The summed E-state index contributed by atoms with van der Waals surface area (Å²) in [5.74, 6) is 0. The molecule has 4 heteroatoms. The smallest absolute Gasteiger partial charge is 0.0343 e. The number of nitrogens with one attached hydrogen (secondary N) is 1. The first-order chi connectivity index (χ1) is 10.1. The second-order valence-electron chi connectivity index (χ2n) is 6.28. The average Bonchev–Trinajstić information content (AvgIpc) is 2.46. The zero-order valence-electron chi connectivity index (χ0n) is 13.8. The van der Waals surface area contributed by atoms with Gasteiger partial charge < -0.3 is 10.2 Å². The molecule has 1 fully saturated rings. The summed E-state index contributed by atoms with van der Waals surface area (Å²) < 4.78 is 0. The van der Waals surface area contributed by atoms with E-state index in [1.807, 2.05) is 0 Å². The van der Waals surface area contributed by atoms with Gasteiger partial charge in [0.1, 0.15) is 0 Å². The summed E-state index contributed by atoms with van der Waals surface area (Å²) in [6.07, 6.45) is 0. The van der Waals surface area contributed by atoms with E-state index in [1.54, 1.807) is 0 Å². The van der Waals surface area contributed by atoms with Gasteiger partial charge in [0.2, 0.25) is 0 Å². The molecule has 21 heavy (non-hydrogen) atoms. The maximum absolute atomic E-state index is 3.52. The fourth-order valence-corrected chi connectivity index (χ4v) is 2.69. The molecule has 0 aromatic heterocycles. The molecule has 0 bridgehead atoms. The summed E-state index contributed by atoms with van der Waals surface area (Å²) >= 11 is 0. The summed E-state index contributed by atoms with van der Waals surface area (Å²) in [6.45, 7) is 11.5. The first-order valence-electron chi connectivity index (χ1n) is 8.03. The predicted molar refractivity (Wildman–Crippen MR) is 91.1 cm³/mol. The lowest BCUT2D eigenvalue weighted by atomic mass is 10.2. The van der Waals surface area contributed by atoms with Crippen LogP contribution in [0.2, 0.25) is 0 Å². The monoisotopic (exact) mass is 290 g/mol. The summed E-state index contributed by atoms with van der Waals surface area (Å²) in [7, 11) is 4.29. The molecular formula is C17H30N4. The predicted octanol–water partition coefficient (Wildman–Crippen LogP) is 1.59. The Balaban J connectivity index is 1.60. The highest BCUT2D eigenvalue weighted by Crippen LogP contribution is 2.09. The Morgan fingerprint density at radius 3 is 2.33 bits per heavy atom. The number of hydrogen-bond donors (Lipinski definition) is 1. The quantitative estimate of drug-likeness (QED) is 0.823. The highest BCUT2D eigenvalue weighted by atomic mass is 15.3. The molecule has 118 valence electrons. The van der Waals surface area contributed by atoms with Gasteiger partial charge in [0, 0.05) is 58.0 Å². The molecule has 0 atom stereocenters. The molecule has 0 radical (unpaired) electrons. The van der Waals surface area contributed by atoms with E-state index in [-0.39, 0.29) is 0 Å². The molecule has 2 rings (SSSR count). The van der Waals surface area contributed by atoms with Crippen LogP contribution in [0.3, 0.4) is 0 Å². The molecule has 0 saturated carbocycles. The molecule has 1 aromatic carbocycles. The van der Waals surface area contributed by atoms with Crippen LogP contribution in [-0.4, -0.2) is 81.2 Å². The molecular weight excluding hydrogens is 260 g/mol. The van der Waals surface area contributed by atoms with Crippen molar-refractivity contribution in [3.05, 3.63) is 29.8 Å². The Kier molecular flexibility index (Phi) is 6.49. The van der Waals surface area contributed by atoms with Crippen molar-refractivity contribution in [3.8, 4) is 0 Å². The third kappa shape index (κ3) is 6.04. The number of piperazine rings is 1. The van der Waals surface area contributed by atoms with E-state index in [2.05, 4.69) is 65.3 Å². The third-order valence-electron chi connectivity index (χ3n) is 4.10. The van der Waals surface area contributed by atoms with Crippen molar-refractivity contribution in [2.45, 2.75) is 6.92 Å².